The number of ether oxygens (including phenoxy) is 2. The maximum absolute atomic E-state index is 5.94. The van der Waals surface area contributed by atoms with Crippen LogP contribution in [0, 0.1) is 0 Å². The van der Waals surface area contributed by atoms with Crippen LogP contribution in [-0.2, 0) is 6.61 Å². The largest absolute Gasteiger partial charge is 0.494 e. The van der Waals surface area contributed by atoms with Gasteiger partial charge in [-0.05, 0) is 48.0 Å². The Morgan fingerprint density at radius 3 is 2.71 bits per heavy atom. The van der Waals surface area contributed by atoms with Crippen LogP contribution in [0.3, 0.4) is 0 Å². The van der Waals surface area contributed by atoms with E-state index in [2.05, 4.69) is 40.0 Å². The van der Waals surface area contributed by atoms with Gasteiger partial charge < -0.3 is 25.4 Å². The molecule has 0 saturated carbocycles. The van der Waals surface area contributed by atoms with Gasteiger partial charge in [0.2, 0.25) is 0 Å². The lowest BCUT2D eigenvalue weighted by Crippen LogP contribution is -2.32. The van der Waals surface area contributed by atoms with Crippen LogP contribution in [-0.4, -0.2) is 19.8 Å². The molecule has 0 radical (unpaired) electrons. The summed E-state index contributed by atoms with van der Waals surface area (Å²) in [6.07, 6.45) is 0.219. The third-order valence-corrected chi connectivity index (χ3v) is 5.15. The Labute approximate surface area is 150 Å². The van der Waals surface area contributed by atoms with Crippen LogP contribution in [0.2, 0.25) is 0 Å². The molecule has 6 heteroatoms. The molecule has 3 N–H and O–H groups in total. The molecule has 0 aliphatic carbocycles. The number of fused-ring (bicyclic) bond motifs is 1. The van der Waals surface area contributed by atoms with Gasteiger partial charge in [0.1, 0.15) is 23.8 Å². The average molecular weight is 392 g/mol. The third-order valence-electron chi connectivity index (χ3n) is 4.25. The number of methoxy groups -OCH3 is 1. The molecule has 0 aromatic heterocycles. The van der Waals surface area contributed by atoms with Crippen molar-refractivity contribution in [1.82, 2.24) is 0 Å². The summed E-state index contributed by atoms with van der Waals surface area (Å²) >= 11 is 3.72. The lowest BCUT2D eigenvalue weighted by atomic mass is 10.1. The number of hydrogen-bond acceptors (Lipinski definition) is 5. The number of nitrogens with two attached hydrogens (primary N) is 1. The SMILES string of the molecule is CCN1c2c(OC)cc(COc3ccccc3N)c(Br)c2NC1C. The van der Waals surface area contributed by atoms with Crippen molar-refractivity contribution in [2.75, 3.05) is 29.6 Å². The molecule has 2 aromatic rings. The zero-order chi connectivity index (χ0) is 17.3. The van der Waals surface area contributed by atoms with Crippen molar-refractivity contribution in [3.05, 3.63) is 40.4 Å². The Bertz CT molecular complexity index is 751. The summed E-state index contributed by atoms with van der Waals surface area (Å²) in [5.41, 5.74) is 9.71. The molecule has 5 nitrogen and oxygen atoms in total. The van der Waals surface area contributed by atoms with E-state index >= 15 is 0 Å². The van der Waals surface area contributed by atoms with Crippen molar-refractivity contribution in [1.29, 1.82) is 0 Å². The quantitative estimate of drug-likeness (QED) is 0.747. The maximum atomic E-state index is 5.94. The van der Waals surface area contributed by atoms with Crippen molar-refractivity contribution in [2.24, 2.45) is 0 Å². The Hall–Kier alpha value is -2.08. The van der Waals surface area contributed by atoms with Crippen LogP contribution in [0.25, 0.3) is 0 Å². The fraction of sp³-hybridized carbons (Fsp3) is 0.333. The minimum Gasteiger partial charge on any atom is -0.494 e. The standard InChI is InChI=1S/C18H22BrN3O2/c1-4-22-11(2)21-17-16(19)12(9-15(23-3)18(17)22)10-24-14-8-6-5-7-13(14)20/h5-9,11,21H,4,10,20H2,1-3H3. The van der Waals surface area contributed by atoms with Crippen molar-refractivity contribution < 1.29 is 9.47 Å². The minimum atomic E-state index is 0.219. The fourth-order valence-corrected chi connectivity index (χ4v) is 3.57. The van der Waals surface area contributed by atoms with E-state index in [9.17, 15) is 0 Å². The first-order valence-corrected chi connectivity index (χ1v) is 8.76. The molecule has 0 saturated heterocycles. The number of nitrogens with one attached hydrogen (secondary N) is 1. The molecule has 1 unspecified atom stereocenters. The van der Waals surface area contributed by atoms with E-state index in [1.54, 1.807) is 7.11 Å². The van der Waals surface area contributed by atoms with Gasteiger partial charge in [-0.1, -0.05) is 12.1 Å². The molecular weight excluding hydrogens is 370 g/mol. The number of para-hydroxylation sites is 2. The highest BCUT2D eigenvalue weighted by Crippen LogP contribution is 2.48. The van der Waals surface area contributed by atoms with Crippen LogP contribution in [0.15, 0.2) is 34.8 Å². The van der Waals surface area contributed by atoms with Crippen LogP contribution in [0.1, 0.15) is 19.4 Å². The second-order valence-corrected chi connectivity index (χ2v) is 6.50. The molecule has 1 heterocycles. The Morgan fingerprint density at radius 1 is 1.29 bits per heavy atom. The van der Waals surface area contributed by atoms with Crippen LogP contribution in [0.4, 0.5) is 17.1 Å². The molecule has 3 rings (SSSR count). The van der Waals surface area contributed by atoms with E-state index in [0.717, 1.165) is 33.7 Å². The van der Waals surface area contributed by atoms with E-state index in [-0.39, 0.29) is 6.17 Å². The van der Waals surface area contributed by atoms with Crippen molar-refractivity contribution in [2.45, 2.75) is 26.6 Å². The lowest BCUT2D eigenvalue weighted by molar-refractivity contribution is 0.306. The van der Waals surface area contributed by atoms with Gasteiger partial charge in [-0.15, -0.1) is 0 Å². The number of nitrogen functional groups attached to an aromatic ring is 1. The lowest BCUT2D eigenvalue weighted by Gasteiger charge is -2.23. The topological polar surface area (TPSA) is 59.8 Å². The van der Waals surface area contributed by atoms with Crippen LogP contribution < -0.4 is 25.4 Å². The molecule has 24 heavy (non-hydrogen) atoms. The molecule has 1 atom stereocenters. The predicted molar refractivity (Wildman–Crippen MR) is 102 cm³/mol. The van der Waals surface area contributed by atoms with Gasteiger partial charge >= 0.3 is 0 Å². The van der Waals surface area contributed by atoms with E-state index < -0.39 is 0 Å². The van der Waals surface area contributed by atoms with Crippen molar-refractivity contribution >= 4 is 33.0 Å². The van der Waals surface area contributed by atoms with E-state index in [4.69, 9.17) is 15.2 Å². The maximum Gasteiger partial charge on any atom is 0.144 e. The monoisotopic (exact) mass is 391 g/mol. The number of benzene rings is 2. The fourth-order valence-electron chi connectivity index (χ4n) is 3.04. The van der Waals surface area contributed by atoms with Gasteiger partial charge in [-0.2, -0.15) is 0 Å². The smallest absolute Gasteiger partial charge is 0.144 e. The van der Waals surface area contributed by atoms with Gasteiger partial charge in [0, 0.05) is 16.6 Å². The summed E-state index contributed by atoms with van der Waals surface area (Å²) in [5, 5.41) is 3.51. The number of halogens is 1. The number of hydrogen-bond donors (Lipinski definition) is 2. The van der Waals surface area contributed by atoms with Crippen molar-refractivity contribution in [3.8, 4) is 11.5 Å². The van der Waals surface area contributed by atoms with Gasteiger partial charge in [-0.3, -0.25) is 0 Å². The van der Waals surface area contributed by atoms with E-state index in [0.29, 0.717) is 18.0 Å². The highest BCUT2D eigenvalue weighted by atomic mass is 79.9. The summed E-state index contributed by atoms with van der Waals surface area (Å²) in [7, 11) is 1.69. The average Bonchev–Trinajstić information content (AvgIpc) is 2.92. The Morgan fingerprint density at radius 2 is 2.04 bits per heavy atom. The highest BCUT2D eigenvalue weighted by molar-refractivity contribution is 9.10. The summed E-state index contributed by atoms with van der Waals surface area (Å²) < 4.78 is 12.5. The molecule has 0 bridgehead atoms. The second kappa shape index (κ2) is 6.81. The molecule has 1 aliphatic rings. The molecule has 0 amide bonds. The Balaban J connectivity index is 1.93. The molecule has 2 aromatic carbocycles. The van der Waals surface area contributed by atoms with E-state index in [1.165, 1.54) is 0 Å². The molecule has 0 fully saturated rings. The second-order valence-electron chi connectivity index (χ2n) is 5.71. The molecule has 0 spiro atoms. The summed E-state index contributed by atoms with van der Waals surface area (Å²) in [6, 6.07) is 9.51. The van der Waals surface area contributed by atoms with Gasteiger partial charge in [0.25, 0.3) is 0 Å². The zero-order valence-corrected chi connectivity index (χ0v) is 15.7. The van der Waals surface area contributed by atoms with Crippen LogP contribution >= 0.6 is 15.9 Å². The van der Waals surface area contributed by atoms with Crippen LogP contribution in [0.5, 0.6) is 11.5 Å². The molecule has 128 valence electrons. The summed E-state index contributed by atoms with van der Waals surface area (Å²) in [4.78, 5) is 2.28. The summed E-state index contributed by atoms with van der Waals surface area (Å²) in [5.74, 6) is 1.52. The molecular formula is C18H22BrN3O2. The number of nitrogens with zero attached hydrogens (tertiary/aromatic N) is 1. The third kappa shape index (κ3) is 2.86. The first kappa shape index (κ1) is 16.8. The first-order chi connectivity index (χ1) is 11.6. The number of rotatable bonds is 5. The Kier molecular flexibility index (Phi) is 4.76. The van der Waals surface area contributed by atoms with Gasteiger partial charge in [0.05, 0.1) is 24.7 Å². The van der Waals surface area contributed by atoms with Crippen molar-refractivity contribution in [3.63, 3.8) is 0 Å². The van der Waals surface area contributed by atoms with E-state index in [1.807, 2.05) is 30.3 Å². The molecule has 1 aliphatic heterocycles. The summed E-state index contributed by atoms with van der Waals surface area (Å²) in [6.45, 7) is 5.58. The number of anilines is 3. The zero-order valence-electron chi connectivity index (χ0n) is 14.1. The minimum absolute atomic E-state index is 0.219. The first-order valence-electron chi connectivity index (χ1n) is 7.96. The normalized spacial score (nSPS) is 15.8. The predicted octanol–water partition coefficient (Wildman–Crippen LogP) is 4.22. The van der Waals surface area contributed by atoms with Gasteiger partial charge in [0.15, 0.2) is 0 Å². The highest BCUT2D eigenvalue weighted by Gasteiger charge is 2.31. The van der Waals surface area contributed by atoms with Gasteiger partial charge in [-0.25, -0.2) is 0 Å².